The summed E-state index contributed by atoms with van der Waals surface area (Å²) >= 11 is 1.71. The van der Waals surface area contributed by atoms with Gasteiger partial charge in [-0.05, 0) is 32.5 Å². The van der Waals surface area contributed by atoms with Gasteiger partial charge in [0.05, 0.1) is 28.7 Å². The van der Waals surface area contributed by atoms with Crippen LogP contribution in [0.5, 0.6) is 5.75 Å². The van der Waals surface area contributed by atoms with Gasteiger partial charge in [0.2, 0.25) is 0 Å². The van der Waals surface area contributed by atoms with Crippen LogP contribution in [0.15, 0.2) is 18.3 Å². The molecule has 0 fully saturated rings. The zero-order chi connectivity index (χ0) is 13.8. The van der Waals surface area contributed by atoms with E-state index in [4.69, 9.17) is 4.74 Å². The summed E-state index contributed by atoms with van der Waals surface area (Å²) in [5.74, 6) is 0.805. The first-order valence-electron chi connectivity index (χ1n) is 6.33. The third-order valence-electron chi connectivity index (χ3n) is 2.90. The average molecular weight is 277 g/mol. The van der Waals surface area contributed by atoms with Crippen LogP contribution in [0.1, 0.15) is 34.2 Å². The quantitative estimate of drug-likeness (QED) is 0.913. The SMILES string of the molecule is CCNC(c1ncccc1OC)c1sc(C)nc1C. The number of aryl methyl sites for hydroxylation is 2. The van der Waals surface area contributed by atoms with Crippen LogP contribution in [0.2, 0.25) is 0 Å². The van der Waals surface area contributed by atoms with Gasteiger partial charge in [-0.25, -0.2) is 4.98 Å². The number of aromatic nitrogens is 2. The minimum absolute atomic E-state index is 0.0346. The second-order valence-corrected chi connectivity index (χ2v) is 5.50. The molecule has 0 saturated heterocycles. The Balaban J connectivity index is 2.48. The molecule has 0 aliphatic carbocycles. The van der Waals surface area contributed by atoms with Gasteiger partial charge in [0, 0.05) is 6.20 Å². The van der Waals surface area contributed by atoms with Gasteiger partial charge in [-0.15, -0.1) is 11.3 Å². The Kier molecular flexibility index (Phi) is 4.50. The first kappa shape index (κ1) is 14.0. The van der Waals surface area contributed by atoms with Crippen LogP contribution >= 0.6 is 11.3 Å². The summed E-state index contributed by atoms with van der Waals surface area (Å²) in [5, 5.41) is 4.55. The molecule has 0 aliphatic heterocycles. The summed E-state index contributed by atoms with van der Waals surface area (Å²) in [6, 6.07) is 3.86. The fourth-order valence-electron chi connectivity index (χ4n) is 2.12. The maximum Gasteiger partial charge on any atom is 0.142 e. The molecule has 1 N–H and O–H groups in total. The van der Waals surface area contributed by atoms with Crippen molar-refractivity contribution in [3.05, 3.63) is 39.6 Å². The standard InChI is InChI=1S/C14H19N3OS/c1-5-15-13(14-9(2)17-10(3)19-14)12-11(18-4)7-6-8-16-12/h6-8,13,15H,5H2,1-4H3. The van der Waals surface area contributed by atoms with Crippen molar-refractivity contribution >= 4 is 11.3 Å². The van der Waals surface area contributed by atoms with Crippen LogP contribution in [-0.2, 0) is 0 Å². The van der Waals surface area contributed by atoms with Gasteiger partial charge in [-0.2, -0.15) is 0 Å². The molecule has 2 aromatic heterocycles. The van der Waals surface area contributed by atoms with E-state index in [0.29, 0.717) is 0 Å². The highest BCUT2D eigenvalue weighted by Crippen LogP contribution is 2.33. The maximum absolute atomic E-state index is 5.42. The molecule has 0 spiro atoms. The van der Waals surface area contributed by atoms with E-state index in [2.05, 4.69) is 22.2 Å². The fraction of sp³-hybridized carbons (Fsp3) is 0.429. The van der Waals surface area contributed by atoms with Gasteiger partial charge >= 0.3 is 0 Å². The van der Waals surface area contributed by atoms with Crippen molar-refractivity contribution in [1.82, 2.24) is 15.3 Å². The second-order valence-electron chi connectivity index (χ2n) is 4.26. The van der Waals surface area contributed by atoms with E-state index in [-0.39, 0.29) is 6.04 Å². The number of hydrogen-bond donors (Lipinski definition) is 1. The zero-order valence-corrected chi connectivity index (χ0v) is 12.5. The van der Waals surface area contributed by atoms with Crippen LogP contribution in [0.25, 0.3) is 0 Å². The molecular weight excluding hydrogens is 258 g/mol. The predicted molar refractivity (Wildman–Crippen MR) is 77.9 cm³/mol. The first-order chi connectivity index (χ1) is 9.17. The molecule has 1 unspecified atom stereocenters. The fourth-order valence-corrected chi connectivity index (χ4v) is 3.13. The lowest BCUT2D eigenvalue weighted by Gasteiger charge is -2.18. The van der Waals surface area contributed by atoms with Crippen molar-refractivity contribution < 1.29 is 4.74 Å². The van der Waals surface area contributed by atoms with Crippen LogP contribution in [-0.4, -0.2) is 23.6 Å². The molecule has 0 aliphatic rings. The number of methoxy groups -OCH3 is 1. The smallest absolute Gasteiger partial charge is 0.142 e. The monoisotopic (exact) mass is 277 g/mol. The van der Waals surface area contributed by atoms with Crippen LogP contribution in [0.4, 0.5) is 0 Å². The summed E-state index contributed by atoms with van der Waals surface area (Å²) in [6.45, 7) is 7.02. The molecule has 0 bridgehead atoms. The van der Waals surface area contributed by atoms with Gasteiger partial charge in [-0.1, -0.05) is 6.92 Å². The Bertz CT molecular complexity index is 553. The Hall–Kier alpha value is -1.46. The van der Waals surface area contributed by atoms with E-state index < -0.39 is 0 Å². The minimum atomic E-state index is 0.0346. The van der Waals surface area contributed by atoms with Gasteiger partial charge in [0.25, 0.3) is 0 Å². The van der Waals surface area contributed by atoms with Crippen LogP contribution in [0, 0.1) is 13.8 Å². The Morgan fingerprint density at radius 2 is 2.21 bits per heavy atom. The van der Waals surface area contributed by atoms with E-state index in [1.54, 1.807) is 24.6 Å². The minimum Gasteiger partial charge on any atom is -0.495 e. The highest BCUT2D eigenvalue weighted by molar-refractivity contribution is 7.11. The number of nitrogens with one attached hydrogen (secondary N) is 1. The summed E-state index contributed by atoms with van der Waals surface area (Å²) < 4.78 is 5.42. The highest BCUT2D eigenvalue weighted by Gasteiger charge is 2.22. The topological polar surface area (TPSA) is 47.0 Å². The summed E-state index contributed by atoms with van der Waals surface area (Å²) in [7, 11) is 1.67. The molecule has 2 rings (SSSR count). The Morgan fingerprint density at radius 3 is 2.79 bits per heavy atom. The molecule has 2 aromatic rings. The number of nitrogens with zero attached hydrogens (tertiary/aromatic N) is 2. The number of thiazole rings is 1. The van der Waals surface area contributed by atoms with Crippen molar-refractivity contribution in [2.24, 2.45) is 0 Å². The van der Waals surface area contributed by atoms with Crippen molar-refractivity contribution in [3.8, 4) is 5.75 Å². The molecule has 2 heterocycles. The lowest BCUT2D eigenvalue weighted by Crippen LogP contribution is -2.23. The maximum atomic E-state index is 5.42. The zero-order valence-electron chi connectivity index (χ0n) is 11.7. The van der Waals surface area contributed by atoms with E-state index in [1.807, 2.05) is 26.0 Å². The van der Waals surface area contributed by atoms with Crippen LogP contribution in [0.3, 0.4) is 0 Å². The van der Waals surface area contributed by atoms with E-state index >= 15 is 0 Å². The van der Waals surface area contributed by atoms with Crippen molar-refractivity contribution in [1.29, 1.82) is 0 Å². The normalized spacial score (nSPS) is 12.4. The molecule has 1 atom stereocenters. The van der Waals surface area contributed by atoms with Crippen molar-refractivity contribution in [3.63, 3.8) is 0 Å². The molecule has 19 heavy (non-hydrogen) atoms. The Labute approximate surface area is 117 Å². The average Bonchev–Trinajstić information content (AvgIpc) is 2.75. The molecule has 0 radical (unpaired) electrons. The second kappa shape index (κ2) is 6.12. The highest BCUT2D eigenvalue weighted by atomic mass is 32.1. The molecule has 4 nitrogen and oxygen atoms in total. The van der Waals surface area contributed by atoms with Gasteiger partial charge in [-0.3, -0.25) is 4.98 Å². The van der Waals surface area contributed by atoms with E-state index in [1.165, 1.54) is 4.88 Å². The van der Waals surface area contributed by atoms with Crippen molar-refractivity contribution in [2.45, 2.75) is 26.8 Å². The summed E-state index contributed by atoms with van der Waals surface area (Å²) in [4.78, 5) is 10.2. The third kappa shape index (κ3) is 2.93. The van der Waals surface area contributed by atoms with Crippen molar-refractivity contribution in [2.75, 3.05) is 13.7 Å². The largest absolute Gasteiger partial charge is 0.495 e. The molecule has 102 valence electrons. The first-order valence-corrected chi connectivity index (χ1v) is 7.15. The number of hydrogen-bond acceptors (Lipinski definition) is 5. The molecule has 0 aromatic carbocycles. The number of rotatable bonds is 5. The third-order valence-corrected chi connectivity index (χ3v) is 4.04. The molecular formula is C14H19N3OS. The number of ether oxygens (including phenoxy) is 1. The van der Waals surface area contributed by atoms with Gasteiger partial charge < -0.3 is 10.1 Å². The van der Waals surface area contributed by atoms with E-state index in [0.717, 1.165) is 28.7 Å². The van der Waals surface area contributed by atoms with E-state index in [9.17, 15) is 0 Å². The summed E-state index contributed by atoms with van der Waals surface area (Å²) in [6.07, 6.45) is 1.80. The van der Waals surface area contributed by atoms with Crippen LogP contribution < -0.4 is 10.1 Å². The molecule has 5 heteroatoms. The predicted octanol–water partition coefficient (Wildman–Crippen LogP) is 2.86. The molecule has 0 saturated carbocycles. The number of pyridine rings is 1. The molecule has 0 amide bonds. The van der Waals surface area contributed by atoms with Gasteiger partial charge in [0.1, 0.15) is 11.4 Å². The lowest BCUT2D eigenvalue weighted by molar-refractivity contribution is 0.400. The van der Waals surface area contributed by atoms with Gasteiger partial charge in [0.15, 0.2) is 0 Å². The lowest BCUT2D eigenvalue weighted by atomic mass is 10.1. The summed E-state index contributed by atoms with van der Waals surface area (Å²) in [5.41, 5.74) is 1.97. The Morgan fingerprint density at radius 1 is 1.42 bits per heavy atom.